The van der Waals surface area contributed by atoms with Crippen LogP contribution in [0.5, 0.6) is 0 Å². The molecule has 3 heteroatoms. The number of thioether (sulfide) groups is 1. The molecule has 2 nitrogen and oxygen atoms in total. The summed E-state index contributed by atoms with van der Waals surface area (Å²) in [6.07, 6.45) is 7.73. The first-order valence-corrected chi connectivity index (χ1v) is 8.57. The summed E-state index contributed by atoms with van der Waals surface area (Å²) in [6.45, 7) is 5.21. The summed E-state index contributed by atoms with van der Waals surface area (Å²) in [7, 11) is 0. The van der Waals surface area contributed by atoms with Gasteiger partial charge in [0.1, 0.15) is 0 Å². The fourth-order valence-electron chi connectivity index (χ4n) is 2.40. The standard InChI is InChI=1S/C19H22N2S/c1-3-6-15(2)19(18-7-4-5-12-22-18)21-14-17-10-8-16(13-20)9-11-17/h5,7-12,21H,3-4,6,14H2,1-2H3/b19-15+. The minimum Gasteiger partial charge on any atom is -0.380 e. The van der Waals surface area contributed by atoms with Crippen LogP contribution in [0.25, 0.3) is 0 Å². The first-order chi connectivity index (χ1) is 10.7. The van der Waals surface area contributed by atoms with Crippen LogP contribution in [0.3, 0.4) is 0 Å². The van der Waals surface area contributed by atoms with E-state index in [1.54, 1.807) is 11.8 Å². The van der Waals surface area contributed by atoms with E-state index in [2.05, 4.69) is 42.8 Å². The van der Waals surface area contributed by atoms with Crippen molar-refractivity contribution < 1.29 is 0 Å². The minimum absolute atomic E-state index is 0.706. The largest absolute Gasteiger partial charge is 0.380 e. The summed E-state index contributed by atoms with van der Waals surface area (Å²) in [5.74, 6) is 0. The molecule has 0 spiro atoms. The molecule has 0 saturated heterocycles. The third-order valence-electron chi connectivity index (χ3n) is 3.58. The van der Waals surface area contributed by atoms with Gasteiger partial charge in [-0.3, -0.25) is 0 Å². The Labute approximate surface area is 137 Å². The molecule has 0 atom stereocenters. The van der Waals surface area contributed by atoms with Gasteiger partial charge in [0.2, 0.25) is 0 Å². The quantitative estimate of drug-likeness (QED) is 0.779. The Balaban J connectivity index is 2.11. The molecule has 0 fully saturated rings. The van der Waals surface area contributed by atoms with Crippen LogP contribution in [0.15, 0.2) is 58.0 Å². The summed E-state index contributed by atoms with van der Waals surface area (Å²) in [4.78, 5) is 1.32. The maximum absolute atomic E-state index is 8.86. The molecule has 22 heavy (non-hydrogen) atoms. The van der Waals surface area contributed by atoms with Crippen LogP contribution in [0.1, 0.15) is 44.2 Å². The van der Waals surface area contributed by atoms with E-state index in [-0.39, 0.29) is 0 Å². The number of hydrogen-bond acceptors (Lipinski definition) is 3. The zero-order chi connectivity index (χ0) is 15.8. The van der Waals surface area contributed by atoms with Gasteiger partial charge in [-0.25, -0.2) is 0 Å². The van der Waals surface area contributed by atoms with Gasteiger partial charge in [0.25, 0.3) is 0 Å². The van der Waals surface area contributed by atoms with Crippen LogP contribution in [-0.4, -0.2) is 0 Å². The van der Waals surface area contributed by atoms with Crippen molar-refractivity contribution in [3.05, 3.63) is 69.1 Å². The van der Waals surface area contributed by atoms with Crippen molar-refractivity contribution in [2.75, 3.05) is 0 Å². The Morgan fingerprint density at radius 2 is 2.09 bits per heavy atom. The second-order valence-corrected chi connectivity index (χ2v) is 6.31. The van der Waals surface area contributed by atoms with Crippen molar-refractivity contribution in [1.82, 2.24) is 5.32 Å². The van der Waals surface area contributed by atoms with E-state index in [9.17, 15) is 0 Å². The molecule has 1 N–H and O–H groups in total. The molecule has 0 radical (unpaired) electrons. The highest BCUT2D eigenvalue weighted by molar-refractivity contribution is 8.06. The second-order valence-electron chi connectivity index (χ2n) is 5.36. The number of rotatable bonds is 6. The molecule has 0 aliphatic carbocycles. The van der Waals surface area contributed by atoms with Crippen molar-refractivity contribution in [1.29, 1.82) is 5.26 Å². The Hall–Kier alpha value is -1.92. The molecule has 0 unspecified atom stereocenters. The molecule has 1 heterocycles. The van der Waals surface area contributed by atoms with Crippen molar-refractivity contribution in [2.24, 2.45) is 0 Å². The van der Waals surface area contributed by atoms with E-state index >= 15 is 0 Å². The van der Waals surface area contributed by atoms with Crippen molar-refractivity contribution in [2.45, 2.75) is 39.7 Å². The highest BCUT2D eigenvalue weighted by atomic mass is 32.2. The summed E-state index contributed by atoms with van der Waals surface area (Å²) in [6, 6.07) is 9.93. The number of nitrogens with one attached hydrogen (secondary N) is 1. The van der Waals surface area contributed by atoms with Crippen LogP contribution in [0.4, 0.5) is 0 Å². The van der Waals surface area contributed by atoms with Crippen molar-refractivity contribution in [3.8, 4) is 6.07 Å². The Morgan fingerprint density at radius 1 is 1.32 bits per heavy atom. The molecule has 1 aromatic carbocycles. The third-order valence-corrected chi connectivity index (χ3v) is 4.53. The summed E-state index contributed by atoms with van der Waals surface area (Å²) in [5.41, 5.74) is 4.57. The van der Waals surface area contributed by atoms with Gasteiger partial charge in [-0.15, -0.1) is 0 Å². The lowest BCUT2D eigenvalue weighted by Gasteiger charge is -2.18. The van der Waals surface area contributed by atoms with Gasteiger partial charge < -0.3 is 5.32 Å². The molecule has 0 aromatic heterocycles. The molecule has 0 saturated carbocycles. The molecule has 1 aliphatic heterocycles. The SMILES string of the molecule is CCC/C(C)=C(/NCc1ccc(C#N)cc1)C1=CCC=CS1. The number of allylic oxidation sites excluding steroid dienone is 3. The van der Waals surface area contributed by atoms with Crippen LogP contribution in [-0.2, 0) is 6.54 Å². The van der Waals surface area contributed by atoms with Crippen LogP contribution in [0.2, 0.25) is 0 Å². The summed E-state index contributed by atoms with van der Waals surface area (Å²) >= 11 is 1.78. The third kappa shape index (κ3) is 4.54. The van der Waals surface area contributed by atoms with Gasteiger partial charge >= 0.3 is 0 Å². The topological polar surface area (TPSA) is 35.8 Å². The average Bonchev–Trinajstić information content (AvgIpc) is 2.57. The Kier molecular flexibility index (Phi) is 6.36. The monoisotopic (exact) mass is 310 g/mol. The maximum atomic E-state index is 8.86. The number of nitrogens with zero attached hydrogens (tertiary/aromatic N) is 1. The molecule has 1 aliphatic rings. The molecular formula is C19H22N2S. The van der Waals surface area contributed by atoms with Crippen LogP contribution < -0.4 is 5.32 Å². The zero-order valence-electron chi connectivity index (χ0n) is 13.2. The Bertz CT molecular complexity index is 630. The lowest BCUT2D eigenvalue weighted by atomic mass is 10.1. The fraction of sp³-hybridized carbons (Fsp3) is 0.316. The number of hydrogen-bond donors (Lipinski definition) is 1. The number of nitriles is 1. The second kappa shape index (κ2) is 8.51. The Morgan fingerprint density at radius 3 is 2.68 bits per heavy atom. The van der Waals surface area contributed by atoms with E-state index in [0.717, 1.165) is 25.8 Å². The normalized spacial score (nSPS) is 14.9. The zero-order valence-corrected chi connectivity index (χ0v) is 14.0. The molecule has 0 amide bonds. The smallest absolute Gasteiger partial charge is 0.0991 e. The average molecular weight is 310 g/mol. The first kappa shape index (κ1) is 16.5. The molecule has 114 valence electrons. The summed E-state index contributed by atoms with van der Waals surface area (Å²) < 4.78 is 0. The van der Waals surface area contributed by atoms with E-state index < -0.39 is 0 Å². The van der Waals surface area contributed by atoms with E-state index in [0.29, 0.717) is 5.56 Å². The van der Waals surface area contributed by atoms with Gasteiger partial charge in [0.05, 0.1) is 11.6 Å². The lowest BCUT2D eigenvalue weighted by molar-refractivity contribution is 0.790. The van der Waals surface area contributed by atoms with Gasteiger partial charge in [-0.2, -0.15) is 5.26 Å². The molecule has 2 rings (SSSR count). The highest BCUT2D eigenvalue weighted by Crippen LogP contribution is 2.30. The molecule has 0 bridgehead atoms. The number of benzene rings is 1. The lowest BCUT2D eigenvalue weighted by Crippen LogP contribution is -2.16. The van der Waals surface area contributed by atoms with Gasteiger partial charge in [-0.1, -0.05) is 49.4 Å². The van der Waals surface area contributed by atoms with Crippen molar-refractivity contribution >= 4 is 11.8 Å². The van der Waals surface area contributed by atoms with E-state index in [1.165, 1.54) is 21.7 Å². The van der Waals surface area contributed by atoms with E-state index in [1.807, 2.05) is 24.3 Å². The van der Waals surface area contributed by atoms with E-state index in [4.69, 9.17) is 5.26 Å². The van der Waals surface area contributed by atoms with Crippen LogP contribution in [0, 0.1) is 11.3 Å². The maximum Gasteiger partial charge on any atom is 0.0991 e. The highest BCUT2D eigenvalue weighted by Gasteiger charge is 2.10. The predicted octanol–water partition coefficient (Wildman–Crippen LogP) is 5.26. The van der Waals surface area contributed by atoms with Crippen LogP contribution >= 0.6 is 11.8 Å². The molecule has 1 aromatic rings. The van der Waals surface area contributed by atoms with Crippen molar-refractivity contribution in [3.63, 3.8) is 0 Å². The minimum atomic E-state index is 0.706. The van der Waals surface area contributed by atoms with Gasteiger partial charge in [-0.05, 0) is 48.4 Å². The van der Waals surface area contributed by atoms with Gasteiger partial charge in [0.15, 0.2) is 0 Å². The first-order valence-electron chi connectivity index (χ1n) is 7.69. The van der Waals surface area contributed by atoms with Gasteiger partial charge in [0, 0.05) is 17.1 Å². The molecular weight excluding hydrogens is 288 g/mol. The predicted molar refractivity (Wildman–Crippen MR) is 95.0 cm³/mol. The fourth-order valence-corrected chi connectivity index (χ4v) is 3.31. The summed E-state index contributed by atoms with van der Waals surface area (Å²) in [5, 5.41) is 14.6.